The number of nitrogens with zero attached hydrogens (tertiary/aromatic N) is 5. The molecule has 0 spiro atoms. The fraction of sp³-hybridized carbons (Fsp3) is 0.286. The van der Waals surface area contributed by atoms with Gasteiger partial charge in [-0.2, -0.15) is 18.3 Å². The third kappa shape index (κ3) is 4.23. The number of carbonyl (C=O) groups excluding carboxylic acids is 1. The number of pyridine rings is 1. The molecule has 1 aliphatic rings. The molecule has 3 aromatic rings. The zero-order valence-corrected chi connectivity index (χ0v) is 17.4. The summed E-state index contributed by atoms with van der Waals surface area (Å²) < 4.78 is 42.6. The second-order valence-corrected chi connectivity index (χ2v) is 7.59. The van der Waals surface area contributed by atoms with E-state index < -0.39 is 23.3 Å². The van der Waals surface area contributed by atoms with E-state index in [1.54, 1.807) is 49.4 Å². The molecule has 0 radical (unpaired) electrons. The largest absolute Gasteiger partial charge is 0.434 e. The Morgan fingerprint density at radius 1 is 1.03 bits per heavy atom. The number of amides is 1. The summed E-state index contributed by atoms with van der Waals surface area (Å²) in [5.41, 5.74) is -0.612. The van der Waals surface area contributed by atoms with Crippen molar-refractivity contribution in [2.24, 2.45) is 0 Å². The van der Waals surface area contributed by atoms with Crippen molar-refractivity contribution in [3.8, 4) is 5.69 Å². The van der Waals surface area contributed by atoms with Crippen LogP contribution in [0.5, 0.6) is 0 Å². The lowest BCUT2D eigenvalue weighted by molar-refractivity contribution is -0.143. The van der Waals surface area contributed by atoms with Crippen LogP contribution >= 0.6 is 11.6 Å². The molecule has 0 bridgehead atoms. The minimum Gasteiger partial charge on any atom is -0.353 e. The highest BCUT2D eigenvalue weighted by Gasteiger charge is 2.42. The Labute approximate surface area is 181 Å². The summed E-state index contributed by atoms with van der Waals surface area (Å²) in [5.74, 6) is -0.0196. The van der Waals surface area contributed by atoms with E-state index >= 15 is 0 Å². The number of piperazine rings is 1. The molecular weight excluding hydrogens is 431 g/mol. The first-order valence-electron chi connectivity index (χ1n) is 9.63. The van der Waals surface area contributed by atoms with Gasteiger partial charge < -0.3 is 9.80 Å². The number of rotatable bonds is 3. The number of aromatic nitrogens is 3. The smallest absolute Gasteiger partial charge is 0.353 e. The molecule has 162 valence electrons. The van der Waals surface area contributed by atoms with E-state index in [2.05, 4.69) is 10.1 Å². The van der Waals surface area contributed by atoms with Crippen molar-refractivity contribution < 1.29 is 18.0 Å². The van der Waals surface area contributed by atoms with Gasteiger partial charge in [-0.15, -0.1) is 0 Å². The summed E-state index contributed by atoms with van der Waals surface area (Å²) in [7, 11) is 0. The van der Waals surface area contributed by atoms with Crippen LogP contribution in [-0.2, 0) is 6.18 Å². The quantitative estimate of drug-likeness (QED) is 0.562. The molecular formula is C21H19ClF3N5O. The van der Waals surface area contributed by atoms with Gasteiger partial charge >= 0.3 is 6.18 Å². The van der Waals surface area contributed by atoms with Crippen LogP contribution < -0.4 is 4.90 Å². The second kappa shape index (κ2) is 8.22. The van der Waals surface area contributed by atoms with Gasteiger partial charge in [0, 0.05) is 26.2 Å². The van der Waals surface area contributed by atoms with Crippen LogP contribution in [0.15, 0.2) is 48.7 Å². The molecule has 31 heavy (non-hydrogen) atoms. The minimum absolute atomic E-state index is 0.264. The zero-order chi connectivity index (χ0) is 22.2. The molecule has 4 rings (SSSR count). The van der Waals surface area contributed by atoms with E-state index in [4.69, 9.17) is 11.6 Å². The average Bonchev–Trinajstić information content (AvgIpc) is 3.19. The Bertz CT molecular complexity index is 1110. The molecule has 0 N–H and O–H groups in total. The molecule has 1 fully saturated rings. The van der Waals surface area contributed by atoms with Gasteiger partial charge in [0.2, 0.25) is 0 Å². The average molecular weight is 450 g/mol. The topological polar surface area (TPSA) is 54.3 Å². The van der Waals surface area contributed by atoms with Gasteiger partial charge in [0.05, 0.1) is 17.4 Å². The number of benzene rings is 1. The molecule has 1 saturated heterocycles. The lowest BCUT2D eigenvalue weighted by Crippen LogP contribution is -2.49. The molecule has 2 aromatic heterocycles. The van der Waals surface area contributed by atoms with Crippen molar-refractivity contribution in [1.29, 1.82) is 0 Å². The fourth-order valence-electron chi connectivity index (χ4n) is 3.64. The molecule has 3 heterocycles. The number of aryl methyl sites for hydroxylation is 1. The Morgan fingerprint density at radius 3 is 2.39 bits per heavy atom. The van der Waals surface area contributed by atoms with Crippen molar-refractivity contribution in [2.75, 3.05) is 31.1 Å². The molecule has 1 aliphatic heterocycles. The van der Waals surface area contributed by atoms with Crippen LogP contribution in [-0.4, -0.2) is 51.8 Å². The number of carbonyl (C=O) groups is 1. The molecule has 6 nitrogen and oxygen atoms in total. The highest BCUT2D eigenvalue weighted by molar-refractivity contribution is 6.29. The van der Waals surface area contributed by atoms with Gasteiger partial charge in [0.25, 0.3) is 5.91 Å². The maximum Gasteiger partial charge on any atom is 0.434 e. The Morgan fingerprint density at radius 2 is 1.74 bits per heavy atom. The lowest BCUT2D eigenvalue weighted by Gasteiger charge is -2.35. The van der Waals surface area contributed by atoms with Gasteiger partial charge in [0.15, 0.2) is 5.69 Å². The van der Waals surface area contributed by atoms with E-state index in [-0.39, 0.29) is 18.8 Å². The van der Waals surface area contributed by atoms with E-state index in [1.165, 1.54) is 4.90 Å². The first-order chi connectivity index (χ1) is 14.8. The van der Waals surface area contributed by atoms with Crippen LogP contribution in [0.2, 0.25) is 5.15 Å². The predicted molar refractivity (Wildman–Crippen MR) is 111 cm³/mol. The van der Waals surface area contributed by atoms with E-state index in [0.717, 1.165) is 10.9 Å². The monoisotopic (exact) mass is 449 g/mol. The number of alkyl halides is 3. The third-order valence-corrected chi connectivity index (χ3v) is 5.41. The molecule has 0 aliphatic carbocycles. The summed E-state index contributed by atoms with van der Waals surface area (Å²) in [6.45, 7) is 3.10. The molecule has 1 amide bonds. The van der Waals surface area contributed by atoms with Gasteiger partial charge in [0.1, 0.15) is 11.0 Å². The van der Waals surface area contributed by atoms with E-state index in [1.807, 2.05) is 4.90 Å². The highest BCUT2D eigenvalue weighted by atomic mass is 35.5. The Balaban J connectivity index is 1.59. The number of anilines is 1. The summed E-state index contributed by atoms with van der Waals surface area (Å²) in [6, 6.07) is 11.8. The minimum atomic E-state index is -4.74. The summed E-state index contributed by atoms with van der Waals surface area (Å²) in [6.07, 6.45) is -3.74. The third-order valence-electron chi connectivity index (χ3n) is 5.20. The highest BCUT2D eigenvalue weighted by Crippen LogP contribution is 2.35. The predicted octanol–water partition coefficient (Wildman–Crippen LogP) is 4.21. The lowest BCUT2D eigenvalue weighted by atomic mass is 10.1. The number of halogens is 4. The van der Waals surface area contributed by atoms with Crippen molar-refractivity contribution in [1.82, 2.24) is 19.7 Å². The number of hydrogen-bond donors (Lipinski definition) is 0. The van der Waals surface area contributed by atoms with Crippen LogP contribution in [0.4, 0.5) is 19.0 Å². The zero-order valence-electron chi connectivity index (χ0n) is 16.6. The van der Waals surface area contributed by atoms with Crippen LogP contribution in [0.1, 0.15) is 21.6 Å². The summed E-state index contributed by atoms with van der Waals surface area (Å²) in [4.78, 5) is 20.6. The van der Waals surface area contributed by atoms with Crippen molar-refractivity contribution in [3.05, 3.63) is 70.6 Å². The number of hydrogen-bond acceptors (Lipinski definition) is 4. The van der Waals surface area contributed by atoms with Crippen LogP contribution in [0.3, 0.4) is 0 Å². The van der Waals surface area contributed by atoms with Gasteiger partial charge in [-0.1, -0.05) is 35.9 Å². The Kier molecular flexibility index (Phi) is 5.62. The second-order valence-electron chi connectivity index (χ2n) is 7.20. The summed E-state index contributed by atoms with van der Waals surface area (Å²) in [5, 5.41) is 4.27. The first kappa shape index (κ1) is 21.2. The van der Waals surface area contributed by atoms with Crippen molar-refractivity contribution in [2.45, 2.75) is 13.1 Å². The molecule has 0 saturated carbocycles. The fourth-order valence-corrected chi connectivity index (χ4v) is 3.80. The molecule has 10 heteroatoms. The maximum absolute atomic E-state index is 13.9. The first-order valence-corrected chi connectivity index (χ1v) is 10.0. The molecule has 0 atom stereocenters. The summed E-state index contributed by atoms with van der Waals surface area (Å²) >= 11 is 5.93. The van der Waals surface area contributed by atoms with Crippen molar-refractivity contribution in [3.63, 3.8) is 0 Å². The van der Waals surface area contributed by atoms with Gasteiger partial charge in [-0.3, -0.25) is 4.79 Å². The number of para-hydroxylation sites is 1. The standard InChI is InChI=1S/C21H19ClF3N5O/c1-14-5-2-3-6-16(14)30-19(21(23,24)25)15(13-26-30)20(31)29-11-9-28(10-12-29)18-8-4-7-17(22)27-18/h2-8,13H,9-12H2,1H3. The SMILES string of the molecule is Cc1ccccc1-n1ncc(C(=O)N2CCN(c3cccc(Cl)n3)CC2)c1C(F)(F)F. The van der Waals surface area contributed by atoms with Gasteiger partial charge in [-0.25, -0.2) is 9.67 Å². The maximum atomic E-state index is 13.9. The molecule has 1 aromatic carbocycles. The van der Waals surface area contributed by atoms with Crippen LogP contribution in [0.25, 0.3) is 5.69 Å². The Hall–Kier alpha value is -3.07. The van der Waals surface area contributed by atoms with Crippen LogP contribution in [0, 0.1) is 6.92 Å². The van der Waals surface area contributed by atoms with E-state index in [9.17, 15) is 18.0 Å². The molecule has 0 unspecified atom stereocenters. The van der Waals surface area contributed by atoms with Crippen molar-refractivity contribution >= 4 is 23.3 Å². The normalized spacial score (nSPS) is 14.7. The van der Waals surface area contributed by atoms with Gasteiger partial charge in [-0.05, 0) is 30.7 Å². The van der Waals surface area contributed by atoms with E-state index in [0.29, 0.717) is 29.6 Å².